The van der Waals surface area contributed by atoms with Crippen LogP contribution in [0.5, 0.6) is 17.2 Å². The maximum atomic E-state index is 12.3. The summed E-state index contributed by atoms with van der Waals surface area (Å²) in [5, 5.41) is 2.68. The predicted molar refractivity (Wildman–Crippen MR) is 108 cm³/mol. The number of ether oxygens (including phenoxy) is 4. The Hall–Kier alpha value is -3.22. The first-order valence-corrected chi connectivity index (χ1v) is 9.47. The zero-order chi connectivity index (χ0) is 20.8. The number of amides is 1. The molecule has 0 saturated carbocycles. The van der Waals surface area contributed by atoms with E-state index >= 15 is 0 Å². The summed E-state index contributed by atoms with van der Waals surface area (Å²) in [5.74, 6) is 0.597. The molecule has 0 saturated heterocycles. The fraction of sp³-hybridized carbons (Fsp3) is 0.364. The van der Waals surface area contributed by atoms with E-state index in [-0.39, 0.29) is 6.61 Å². The molecule has 1 amide bonds. The Labute approximate surface area is 169 Å². The minimum absolute atomic E-state index is 0.257. The number of hydrogen-bond donors (Lipinski definition) is 1. The molecule has 2 aromatic rings. The van der Waals surface area contributed by atoms with E-state index in [1.54, 1.807) is 18.2 Å². The van der Waals surface area contributed by atoms with Gasteiger partial charge in [-0.25, -0.2) is 4.79 Å². The topological polar surface area (TPSA) is 83.1 Å². The van der Waals surface area contributed by atoms with Crippen LogP contribution in [0.1, 0.15) is 24.5 Å². The summed E-state index contributed by atoms with van der Waals surface area (Å²) < 4.78 is 21.0. The third-order valence-corrected chi connectivity index (χ3v) is 4.76. The van der Waals surface area contributed by atoms with Crippen LogP contribution in [0.15, 0.2) is 36.4 Å². The van der Waals surface area contributed by atoms with Gasteiger partial charge in [0.2, 0.25) is 0 Å². The number of anilines is 1. The van der Waals surface area contributed by atoms with Crippen LogP contribution in [-0.2, 0) is 27.2 Å². The van der Waals surface area contributed by atoms with E-state index in [9.17, 15) is 9.59 Å². The van der Waals surface area contributed by atoms with E-state index in [0.717, 1.165) is 19.3 Å². The second-order valence-corrected chi connectivity index (χ2v) is 6.76. The van der Waals surface area contributed by atoms with Crippen LogP contribution < -0.4 is 19.5 Å². The number of esters is 1. The SMILES string of the molecule is COc1ccc(NC(=O)[C@H](C)OC(=O)COc2ccc3c(c2)CCC3)cc1OC. The summed E-state index contributed by atoms with van der Waals surface area (Å²) in [4.78, 5) is 24.3. The lowest BCUT2D eigenvalue weighted by atomic mass is 10.1. The molecule has 1 aliphatic rings. The number of rotatable bonds is 8. The molecule has 3 rings (SSSR count). The molecular weight excluding hydrogens is 374 g/mol. The fourth-order valence-electron chi connectivity index (χ4n) is 3.22. The van der Waals surface area contributed by atoms with Crippen molar-refractivity contribution in [2.45, 2.75) is 32.3 Å². The molecule has 0 unspecified atom stereocenters. The molecule has 154 valence electrons. The predicted octanol–water partition coefficient (Wildman–Crippen LogP) is 3.14. The Morgan fingerprint density at radius 2 is 1.76 bits per heavy atom. The Morgan fingerprint density at radius 1 is 1.00 bits per heavy atom. The molecule has 0 spiro atoms. The highest BCUT2D eigenvalue weighted by Crippen LogP contribution is 2.30. The van der Waals surface area contributed by atoms with Crippen molar-refractivity contribution in [1.82, 2.24) is 0 Å². The lowest BCUT2D eigenvalue weighted by Crippen LogP contribution is -2.31. The molecule has 0 bridgehead atoms. The lowest BCUT2D eigenvalue weighted by Gasteiger charge is -2.15. The van der Waals surface area contributed by atoms with Gasteiger partial charge in [0, 0.05) is 11.8 Å². The molecule has 1 atom stereocenters. The van der Waals surface area contributed by atoms with Crippen LogP contribution in [0, 0.1) is 0 Å². The van der Waals surface area contributed by atoms with Crippen molar-refractivity contribution in [3.05, 3.63) is 47.5 Å². The maximum Gasteiger partial charge on any atom is 0.344 e. The highest BCUT2D eigenvalue weighted by molar-refractivity contribution is 5.95. The molecule has 29 heavy (non-hydrogen) atoms. The highest BCUT2D eigenvalue weighted by Gasteiger charge is 2.19. The monoisotopic (exact) mass is 399 g/mol. The molecule has 7 nitrogen and oxygen atoms in total. The van der Waals surface area contributed by atoms with Crippen LogP contribution in [0.3, 0.4) is 0 Å². The summed E-state index contributed by atoms with van der Waals surface area (Å²) >= 11 is 0. The van der Waals surface area contributed by atoms with Gasteiger partial charge in [0.15, 0.2) is 24.2 Å². The van der Waals surface area contributed by atoms with E-state index in [1.165, 1.54) is 32.3 Å². The third-order valence-electron chi connectivity index (χ3n) is 4.76. The average Bonchev–Trinajstić information content (AvgIpc) is 3.19. The number of aryl methyl sites for hydroxylation is 2. The van der Waals surface area contributed by atoms with Crippen LogP contribution in [0.25, 0.3) is 0 Å². The molecule has 0 fully saturated rings. The smallest absolute Gasteiger partial charge is 0.344 e. The quantitative estimate of drug-likeness (QED) is 0.687. The number of hydrogen-bond acceptors (Lipinski definition) is 6. The Bertz CT molecular complexity index is 895. The van der Waals surface area contributed by atoms with Gasteiger partial charge in [0.25, 0.3) is 5.91 Å². The van der Waals surface area contributed by atoms with Gasteiger partial charge >= 0.3 is 5.97 Å². The minimum atomic E-state index is -0.973. The molecule has 7 heteroatoms. The molecule has 0 heterocycles. The van der Waals surface area contributed by atoms with E-state index in [1.807, 2.05) is 18.2 Å². The first kappa shape index (κ1) is 20.5. The van der Waals surface area contributed by atoms with E-state index in [0.29, 0.717) is 22.9 Å². The number of carbonyl (C=O) groups is 2. The number of methoxy groups -OCH3 is 2. The standard InChI is InChI=1S/C22H25NO6/c1-14(22(25)23-17-8-10-19(26-2)20(12-17)27-3)29-21(24)13-28-18-9-7-15-5-4-6-16(15)11-18/h7-12,14H,4-6,13H2,1-3H3,(H,23,25)/t14-/m0/s1. The summed E-state index contributed by atoms with van der Waals surface area (Å²) in [6.45, 7) is 1.25. The first-order chi connectivity index (χ1) is 14.0. The van der Waals surface area contributed by atoms with Crippen LogP contribution in [0.2, 0.25) is 0 Å². The highest BCUT2D eigenvalue weighted by atomic mass is 16.6. The van der Waals surface area contributed by atoms with Gasteiger partial charge in [-0.05, 0) is 61.6 Å². The van der Waals surface area contributed by atoms with Gasteiger partial charge in [-0.1, -0.05) is 6.07 Å². The van der Waals surface area contributed by atoms with Crippen LogP contribution in [-0.4, -0.2) is 38.8 Å². The molecule has 1 N–H and O–H groups in total. The van der Waals surface area contributed by atoms with Gasteiger partial charge in [0.1, 0.15) is 5.75 Å². The van der Waals surface area contributed by atoms with Crippen molar-refractivity contribution in [1.29, 1.82) is 0 Å². The Kier molecular flexibility index (Phi) is 6.59. The van der Waals surface area contributed by atoms with E-state index in [2.05, 4.69) is 5.32 Å². The Morgan fingerprint density at radius 3 is 2.52 bits per heavy atom. The summed E-state index contributed by atoms with van der Waals surface area (Å²) in [6, 6.07) is 10.8. The summed E-state index contributed by atoms with van der Waals surface area (Å²) in [5.41, 5.74) is 3.10. The van der Waals surface area contributed by atoms with Crippen molar-refractivity contribution in [3.8, 4) is 17.2 Å². The van der Waals surface area contributed by atoms with Crippen molar-refractivity contribution in [2.75, 3.05) is 26.1 Å². The van der Waals surface area contributed by atoms with Crippen molar-refractivity contribution < 1.29 is 28.5 Å². The van der Waals surface area contributed by atoms with Gasteiger partial charge < -0.3 is 24.3 Å². The van der Waals surface area contributed by atoms with E-state index in [4.69, 9.17) is 18.9 Å². The molecule has 0 aromatic heterocycles. The molecule has 1 aliphatic carbocycles. The number of fused-ring (bicyclic) bond motifs is 1. The second kappa shape index (κ2) is 9.32. The third kappa shape index (κ3) is 5.19. The first-order valence-electron chi connectivity index (χ1n) is 9.47. The van der Waals surface area contributed by atoms with Crippen LogP contribution in [0.4, 0.5) is 5.69 Å². The molecule has 2 aromatic carbocycles. The van der Waals surface area contributed by atoms with Crippen molar-refractivity contribution in [3.63, 3.8) is 0 Å². The zero-order valence-electron chi connectivity index (χ0n) is 16.8. The van der Waals surface area contributed by atoms with Crippen LogP contribution >= 0.6 is 0 Å². The van der Waals surface area contributed by atoms with Crippen molar-refractivity contribution in [2.24, 2.45) is 0 Å². The summed E-state index contributed by atoms with van der Waals surface area (Å²) in [6.07, 6.45) is 2.29. The Balaban J connectivity index is 1.49. The van der Waals surface area contributed by atoms with Gasteiger partial charge in [-0.3, -0.25) is 4.79 Å². The van der Waals surface area contributed by atoms with Gasteiger partial charge in [-0.2, -0.15) is 0 Å². The fourth-order valence-corrected chi connectivity index (χ4v) is 3.22. The summed E-state index contributed by atoms with van der Waals surface area (Å²) in [7, 11) is 3.04. The zero-order valence-corrected chi connectivity index (χ0v) is 16.8. The van der Waals surface area contributed by atoms with Gasteiger partial charge in [0.05, 0.1) is 14.2 Å². The molecule has 0 aliphatic heterocycles. The maximum absolute atomic E-state index is 12.3. The number of nitrogens with one attached hydrogen (secondary N) is 1. The minimum Gasteiger partial charge on any atom is -0.493 e. The molecule has 0 radical (unpaired) electrons. The average molecular weight is 399 g/mol. The number of benzene rings is 2. The van der Waals surface area contributed by atoms with Crippen molar-refractivity contribution >= 4 is 17.6 Å². The molecular formula is C22H25NO6. The number of carbonyl (C=O) groups excluding carboxylic acids is 2. The van der Waals surface area contributed by atoms with Gasteiger partial charge in [-0.15, -0.1) is 0 Å². The lowest BCUT2D eigenvalue weighted by molar-refractivity contribution is -0.155. The largest absolute Gasteiger partial charge is 0.493 e. The second-order valence-electron chi connectivity index (χ2n) is 6.76. The van der Waals surface area contributed by atoms with E-state index < -0.39 is 18.0 Å². The normalized spacial score (nSPS) is 13.2.